The monoisotopic (exact) mass is 347 g/mol. The van der Waals surface area contributed by atoms with Crippen LogP contribution in [0.4, 0.5) is 16.2 Å². The number of rotatable bonds is 3. The SMILES string of the molecule is O=C(Nc1cccc(N2CCCNC2=O)c1)c1cnc2cnccc2c1. The molecule has 130 valence electrons. The molecule has 0 radical (unpaired) electrons. The van der Waals surface area contributed by atoms with Crippen molar-refractivity contribution in [2.75, 3.05) is 23.3 Å². The highest BCUT2D eigenvalue weighted by molar-refractivity contribution is 6.06. The van der Waals surface area contributed by atoms with E-state index in [4.69, 9.17) is 0 Å². The molecule has 1 fully saturated rings. The molecule has 26 heavy (non-hydrogen) atoms. The minimum Gasteiger partial charge on any atom is -0.338 e. The number of nitrogens with one attached hydrogen (secondary N) is 2. The van der Waals surface area contributed by atoms with Crippen LogP contribution in [0.15, 0.2) is 55.0 Å². The van der Waals surface area contributed by atoms with Gasteiger partial charge in [-0.1, -0.05) is 6.07 Å². The number of urea groups is 1. The number of hydrogen-bond acceptors (Lipinski definition) is 4. The quantitative estimate of drug-likeness (QED) is 0.763. The first-order valence-corrected chi connectivity index (χ1v) is 8.37. The second-order valence-corrected chi connectivity index (χ2v) is 6.03. The molecule has 0 spiro atoms. The van der Waals surface area contributed by atoms with Crippen molar-refractivity contribution >= 4 is 34.2 Å². The van der Waals surface area contributed by atoms with Crippen molar-refractivity contribution in [2.24, 2.45) is 0 Å². The number of fused-ring (bicyclic) bond motifs is 1. The summed E-state index contributed by atoms with van der Waals surface area (Å²) in [6.07, 6.45) is 5.74. The molecule has 7 heteroatoms. The van der Waals surface area contributed by atoms with E-state index < -0.39 is 0 Å². The third-order valence-corrected chi connectivity index (χ3v) is 4.24. The van der Waals surface area contributed by atoms with E-state index in [-0.39, 0.29) is 11.9 Å². The van der Waals surface area contributed by atoms with E-state index >= 15 is 0 Å². The maximum Gasteiger partial charge on any atom is 0.321 e. The van der Waals surface area contributed by atoms with E-state index in [0.29, 0.717) is 24.3 Å². The number of carbonyl (C=O) groups excluding carboxylic acids is 2. The molecular formula is C19H17N5O2. The number of aromatic nitrogens is 2. The molecule has 4 rings (SSSR count). The number of hydrogen-bond donors (Lipinski definition) is 2. The highest BCUT2D eigenvalue weighted by Crippen LogP contribution is 2.22. The zero-order chi connectivity index (χ0) is 17.9. The molecule has 3 aromatic rings. The Labute approximate surface area is 150 Å². The molecule has 3 amide bonds. The zero-order valence-corrected chi connectivity index (χ0v) is 14.0. The molecule has 2 aromatic heterocycles. The minimum absolute atomic E-state index is 0.118. The summed E-state index contributed by atoms with van der Waals surface area (Å²) in [5, 5.41) is 6.54. The topological polar surface area (TPSA) is 87.2 Å². The minimum atomic E-state index is -0.253. The smallest absolute Gasteiger partial charge is 0.321 e. The summed E-state index contributed by atoms with van der Waals surface area (Å²) in [6.45, 7) is 1.35. The van der Waals surface area contributed by atoms with Crippen molar-refractivity contribution < 1.29 is 9.59 Å². The van der Waals surface area contributed by atoms with Crippen LogP contribution in [-0.4, -0.2) is 35.0 Å². The van der Waals surface area contributed by atoms with E-state index in [1.54, 1.807) is 35.5 Å². The summed E-state index contributed by atoms with van der Waals surface area (Å²) in [5.41, 5.74) is 2.58. The number of carbonyl (C=O) groups is 2. The standard InChI is InChI=1S/C19H17N5O2/c25-18(14-9-13-5-7-20-12-17(13)22-11-14)23-15-3-1-4-16(10-15)24-8-2-6-21-19(24)26/h1,3-5,7,9-12H,2,6,8H2,(H,21,26)(H,23,25). The Bertz CT molecular complexity index is 988. The number of nitrogens with zero attached hydrogens (tertiary/aromatic N) is 3. The molecule has 1 aromatic carbocycles. The first kappa shape index (κ1) is 16.0. The van der Waals surface area contributed by atoms with Crippen molar-refractivity contribution in [2.45, 2.75) is 6.42 Å². The average Bonchev–Trinajstić information content (AvgIpc) is 2.68. The number of amides is 3. The Hall–Kier alpha value is -3.48. The molecule has 1 saturated heterocycles. The predicted molar refractivity (Wildman–Crippen MR) is 99.3 cm³/mol. The first-order valence-electron chi connectivity index (χ1n) is 8.37. The largest absolute Gasteiger partial charge is 0.338 e. The van der Waals surface area contributed by atoms with Crippen LogP contribution < -0.4 is 15.5 Å². The molecule has 3 heterocycles. The third kappa shape index (κ3) is 3.19. The van der Waals surface area contributed by atoms with Gasteiger partial charge in [0.2, 0.25) is 0 Å². The number of anilines is 2. The van der Waals surface area contributed by atoms with E-state index in [9.17, 15) is 9.59 Å². The molecule has 0 atom stereocenters. The van der Waals surface area contributed by atoms with Gasteiger partial charge in [-0.3, -0.25) is 19.7 Å². The summed E-state index contributed by atoms with van der Waals surface area (Å²) in [4.78, 5) is 34.5. The normalized spacial score (nSPS) is 14.2. The van der Waals surface area contributed by atoms with Crippen LogP contribution in [-0.2, 0) is 0 Å². The fourth-order valence-electron chi connectivity index (χ4n) is 2.93. The molecule has 1 aliphatic rings. The summed E-state index contributed by atoms with van der Waals surface area (Å²) in [6, 6.07) is 10.7. The average molecular weight is 347 g/mol. The Morgan fingerprint density at radius 1 is 1.19 bits per heavy atom. The van der Waals surface area contributed by atoms with Gasteiger partial charge >= 0.3 is 6.03 Å². The lowest BCUT2D eigenvalue weighted by Crippen LogP contribution is -2.46. The Morgan fingerprint density at radius 3 is 3.00 bits per heavy atom. The van der Waals surface area contributed by atoms with Gasteiger partial charge in [-0.15, -0.1) is 0 Å². The van der Waals surface area contributed by atoms with Gasteiger partial charge in [0.1, 0.15) is 0 Å². The van der Waals surface area contributed by atoms with Gasteiger partial charge < -0.3 is 10.6 Å². The van der Waals surface area contributed by atoms with Crippen molar-refractivity contribution in [1.82, 2.24) is 15.3 Å². The Morgan fingerprint density at radius 2 is 2.12 bits per heavy atom. The maximum atomic E-state index is 12.6. The van der Waals surface area contributed by atoms with Gasteiger partial charge in [-0.05, 0) is 36.8 Å². The fraction of sp³-hybridized carbons (Fsp3) is 0.158. The highest BCUT2D eigenvalue weighted by Gasteiger charge is 2.19. The van der Waals surface area contributed by atoms with Gasteiger partial charge in [0.05, 0.1) is 17.3 Å². The van der Waals surface area contributed by atoms with Gasteiger partial charge in [0.25, 0.3) is 5.91 Å². The lowest BCUT2D eigenvalue weighted by molar-refractivity contribution is 0.102. The van der Waals surface area contributed by atoms with Crippen LogP contribution >= 0.6 is 0 Å². The maximum absolute atomic E-state index is 12.6. The summed E-state index contributed by atoms with van der Waals surface area (Å²) in [5.74, 6) is -0.253. The van der Waals surface area contributed by atoms with Crippen molar-refractivity contribution in [3.63, 3.8) is 0 Å². The third-order valence-electron chi connectivity index (χ3n) is 4.24. The molecule has 0 bridgehead atoms. The molecule has 0 unspecified atom stereocenters. The van der Waals surface area contributed by atoms with Gasteiger partial charge in [-0.2, -0.15) is 0 Å². The number of pyridine rings is 2. The molecule has 2 N–H and O–H groups in total. The summed E-state index contributed by atoms with van der Waals surface area (Å²) >= 11 is 0. The second-order valence-electron chi connectivity index (χ2n) is 6.03. The van der Waals surface area contributed by atoms with Gasteiger partial charge in [0.15, 0.2) is 0 Å². The van der Waals surface area contributed by atoms with Gasteiger partial charge in [-0.25, -0.2) is 4.79 Å². The first-order chi connectivity index (χ1) is 12.7. The second kappa shape index (κ2) is 6.79. The van der Waals surface area contributed by atoms with Crippen LogP contribution in [0.25, 0.3) is 10.9 Å². The number of benzene rings is 1. The van der Waals surface area contributed by atoms with E-state index in [1.165, 1.54) is 6.20 Å². The van der Waals surface area contributed by atoms with Crippen LogP contribution in [0.5, 0.6) is 0 Å². The summed E-state index contributed by atoms with van der Waals surface area (Å²) < 4.78 is 0. The van der Waals surface area contributed by atoms with Crippen molar-refractivity contribution in [3.05, 3.63) is 60.6 Å². The lowest BCUT2D eigenvalue weighted by atomic mass is 10.2. The highest BCUT2D eigenvalue weighted by atomic mass is 16.2. The van der Waals surface area contributed by atoms with Gasteiger partial charge in [0, 0.05) is 42.2 Å². The Balaban J connectivity index is 1.55. The predicted octanol–water partition coefficient (Wildman–Crippen LogP) is 2.80. The molecule has 7 nitrogen and oxygen atoms in total. The van der Waals surface area contributed by atoms with E-state index in [0.717, 1.165) is 23.0 Å². The molecule has 0 aliphatic carbocycles. The molecule has 1 aliphatic heterocycles. The summed E-state index contributed by atoms with van der Waals surface area (Å²) in [7, 11) is 0. The molecular weight excluding hydrogens is 330 g/mol. The van der Waals surface area contributed by atoms with Crippen LogP contribution in [0.1, 0.15) is 16.8 Å². The zero-order valence-electron chi connectivity index (χ0n) is 14.0. The van der Waals surface area contributed by atoms with Crippen molar-refractivity contribution in [3.8, 4) is 0 Å². The van der Waals surface area contributed by atoms with E-state index in [1.807, 2.05) is 18.2 Å². The van der Waals surface area contributed by atoms with E-state index in [2.05, 4.69) is 20.6 Å². The fourth-order valence-corrected chi connectivity index (χ4v) is 2.93. The molecule has 0 saturated carbocycles. The van der Waals surface area contributed by atoms with Crippen LogP contribution in [0.3, 0.4) is 0 Å². The van der Waals surface area contributed by atoms with Crippen LogP contribution in [0, 0.1) is 0 Å². The Kier molecular flexibility index (Phi) is 4.18. The lowest BCUT2D eigenvalue weighted by Gasteiger charge is -2.27. The van der Waals surface area contributed by atoms with Crippen molar-refractivity contribution in [1.29, 1.82) is 0 Å². The van der Waals surface area contributed by atoms with Crippen LogP contribution in [0.2, 0.25) is 0 Å².